The highest BCUT2D eigenvalue weighted by Crippen LogP contribution is 2.85. The number of nitrogens with zero attached hydrogens (tertiary/aromatic N) is 2. The van der Waals surface area contributed by atoms with Gasteiger partial charge in [-0.1, -0.05) is 26.7 Å². The molecule has 1 aliphatic carbocycles. The largest absolute Gasteiger partial charge is 0.343 e. The Bertz CT molecular complexity index is 576. The predicted molar refractivity (Wildman–Crippen MR) is 84.5 cm³/mol. The van der Waals surface area contributed by atoms with Gasteiger partial charge in [0, 0.05) is 5.41 Å². The average Bonchev–Trinajstić information content (AvgIpc) is 2.95. The van der Waals surface area contributed by atoms with Crippen LogP contribution in [0.25, 0.3) is 0 Å². The molecular formula is C17H27N4O2+. The number of nitriles is 2. The number of nitrogens with one attached hydrogen (secondary N) is 1. The number of ether oxygens (including phenoxy) is 2. The van der Waals surface area contributed by atoms with Gasteiger partial charge in [-0.15, -0.1) is 0 Å². The van der Waals surface area contributed by atoms with E-state index in [0.717, 1.165) is 25.7 Å². The van der Waals surface area contributed by atoms with E-state index in [2.05, 4.69) is 31.0 Å². The maximum atomic E-state index is 10.2. The molecule has 1 fully saturated rings. The van der Waals surface area contributed by atoms with Gasteiger partial charge in [0.05, 0.1) is 25.4 Å². The minimum Gasteiger partial charge on any atom is -0.314 e. The van der Waals surface area contributed by atoms with Crippen molar-refractivity contribution in [2.45, 2.75) is 59.3 Å². The lowest BCUT2D eigenvalue weighted by atomic mass is 9.81. The molecule has 1 heterocycles. The Balaban J connectivity index is 2.73. The molecule has 2 aliphatic rings. The van der Waals surface area contributed by atoms with Crippen LogP contribution in [0.2, 0.25) is 0 Å². The van der Waals surface area contributed by atoms with E-state index in [0.29, 0.717) is 19.0 Å². The zero-order chi connectivity index (χ0) is 17.4. The lowest BCUT2D eigenvalue weighted by molar-refractivity contribution is -0.695. The number of hydrogen-bond acceptors (Lipinski definition) is 5. The summed E-state index contributed by atoms with van der Waals surface area (Å²) in [6.07, 6.45) is 3.22. The van der Waals surface area contributed by atoms with Gasteiger partial charge in [0.2, 0.25) is 0 Å². The number of nitrogens with two attached hydrogens (primary N) is 1. The Morgan fingerprint density at radius 1 is 1.00 bits per heavy atom. The molecule has 0 aromatic heterocycles. The second-order valence-corrected chi connectivity index (χ2v) is 6.33. The summed E-state index contributed by atoms with van der Waals surface area (Å²) in [5.74, 6) is -1.04. The van der Waals surface area contributed by atoms with Crippen molar-refractivity contribution in [1.29, 1.82) is 10.5 Å². The fourth-order valence-corrected chi connectivity index (χ4v) is 5.06. The Morgan fingerprint density at radius 3 is 1.87 bits per heavy atom. The van der Waals surface area contributed by atoms with E-state index >= 15 is 0 Å². The SMILES string of the molecule is CCCC1(CCC)[C@@]2(C#N)C(OCC)(OCC)[NH+]=C(N)[C@@]12C#N. The first kappa shape index (κ1) is 17.7. The minimum atomic E-state index is -1.35. The van der Waals surface area contributed by atoms with Crippen molar-refractivity contribution in [3.63, 3.8) is 0 Å². The van der Waals surface area contributed by atoms with E-state index in [4.69, 9.17) is 15.2 Å². The molecule has 0 amide bonds. The number of hydrogen-bond donors (Lipinski definition) is 2. The molecule has 1 aliphatic heterocycles. The highest BCUT2D eigenvalue weighted by molar-refractivity contribution is 5.95. The van der Waals surface area contributed by atoms with Crippen molar-refractivity contribution in [2.24, 2.45) is 22.0 Å². The van der Waals surface area contributed by atoms with Gasteiger partial charge in [0.25, 0.3) is 5.84 Å². The van der Waals surface area contributed by atoms with Crippen LogP contribution in [0.1, 0.15) is 53.4 Å². The monoisotopic (exact) mass is 319 g/mol. The second kappa shape index (κ2) is 5.78. The van der Waals surface area contributed by atoms with Gasteiger partial charge >= 0.3 is 5.91 Å². The van der Waals surface area contributed by atoms with Crippen LogP contribution in [0.5, 0.6) is 0 Å². The highest BCUT2D eigenvalue weighted by Gasteiger charge is 3.03. The fraction of sp³-hybridized carbons (Fsp3) is 0.824. The molecule has 3 N–H and O–H groups in total. The number of amidine groups is 1. The molecule has 2 atom stereocenters. The third-order valence-corrected chi connectivity index (χ3v) is 5.52. The standard InChI is InChI=1S/C17H26N4O2/c1-5-9-14(10-6-2)15(11-18)13(20)21-17(22-7-3,23-8-4)16(14,15)12-19/h5-10H2,1-4H3,(H2,20,21)/p+1/t15-,16+/m0/s1. The zero-order valence-corrected chi connectivity index (χ0v) is 14.5. The normalized spacial score (nSPS) is 32.5. The summed E-state index contributed by atoms with van der Waals surface area (Å²) in [5.41, 5.74) is 3.55. The van der Waals surface area contributed by atoms with Crippen LogP contribution in [0.3, 0.4) is 0 Å². The van der Waals surface area contributed by atoms with E-state index in [9.17, 15) is 10.5 Å². The molecule has 1 saturated carbocycles. The molecule has 0 aromatic rings. The van der Waals surface area contributed by atoms with E-state index in [1.807, 2.05) is 13.8 Å². The summed E-state index contributed by atoms with van der Waals surface area (Å²) in [6.45, 7) is 8.54. The van der Waals surface area contributed by atoms with E-state index in [1.165, 1.54) is 0 Å². The Hall–Kier alpha value is -1.63. The highest BCUT2D eigenvalue weighted by atomic mass is 16.7. The topological polar surface area (TPSA) is 106 Å². The molecule has 6 nitrogen and oxygen atoms in total. The summed E-state index contributed by atoms with van der Waals surface area (Å²) in [5, 5.41) is 20.2. The molecular weight excluding hydrogens is 292 g/mol. The van der Waals surface area contributed by atoms with Gasteiger partial charge in [-0.25, -0.2) is 4.99 Å². The summed E-state index contributed by atoms with van der Waals surface area (Å²) < 4.78 is 11.8. The van der Waals surface area contributed by atoms with Gasteiger partial charge in [-0.2, -0.15) is 10.5 Å². The zero-order valence-electron chi connectivity index (χ0n) is 14.5. The third-order valence-electron chi connectivity index (χ3n) is 5.52. The molecule has 23 heavy (non-hydrogen) atoms. The molecule has 0 spiro atoms. The maximum Gasteiger partial charge on any atom is 0.343 e. The molecule has 0 saturated heterocycles. The van der Waals surface area contributed by atoms with Gasteiger partial charge < -0.3 is 9.47 Å². The third kappa shape index (κ3) is 1.61. The van der Waals surface area contributed by atoms with Crippen LogP contribution in [-0.4, -0.2) is 25.0 Å². The van der Waals surface area contributed by atoms with Crippen molar-refractivity contribution < 1.29 is 14.5 Å². The quantitative estimate of drug-likeness (QED) is 0.643. The molecule has 0 aromatic carbocycles. The smallest absolute Gasteiger partial charge is 0.314 e. The molecule has 0 radical (unpaired) electrons. The van der Waals surface area contributed by atoms with Crippen molar-refractivity contribution >= 4 is 5.84 Å². The van der Waals surface area contributed by atoms with Gasteiger partial charge in [0.15, 0.2) is 10.8 Å². The van der Waals surface area contributed by atoms with E-state index in [1.54, 1.807) is 0 Å². The van der Waals surface area contributed by atoms with Gasteiger partial charge in [-0.3, -0.25) is 5.73 Å². The van der Waals surface area contributed by atoms with Crippen molar-refractivity contribution in [3.8, 4) is 12.1 Å². The first-order valence-electron chi connectivity index (χ1n) is 8.51. The Labute approximate surface area is 138 Å². The van der Waals surface area contributed by atoms with Crippen LogP contribution in [0.15, 0.2) is 0 Å². The lowest BCUT2D eigenvalue weighted by Gasteiger charge is -2.33. The maximum absolute atomic E-state index is 10.2. The van der Waals surface area contributed by atoms with Crippen LogP contribution in [0.4, 0.5) is 0 Å². The molecule has 2 rings (SSSR count). The van der Waals surface area contributed by atoms with Crippen molar-refractivity contribution in [1.82, 2.24) is 0 Å². The first-order valence-corrected chi connectivity index (χ1v) is 8.51. The molecule has 0 bridgehead atoms. The number of fused-ring (bicyclic) bond motifs is 1. The lowest BCUT2D eigenvalue weighted by Crippen LogP contribution is -2.91. The fourth-order valence-electron chi connectivity index (χ4n) is 5.06. The van der Waals surface area contributed by atoms with E-state index in [-0.39, 0.29) is 0 Å². The summed E-state index contributed by atoms with van der Waals surface area (Å²) >= 11 is 0. The molecule has 0 unspecified atom stereocenters. The van der Waals surface area contributed by atoms with E-state index < -0.39 is 22.2 Å². The minimum absolute atomic E-state index is 0.311. The van der Waals surface area contributed by atoms with Gasteiger partial charge in [0.1, 0.15) is 0 Å². The number of rotatable bonds is 8. The molecule has 126 valence electrons. The summed E-state index contributed by atoms with van der Waals surface area (Å²) in [4.78, 5) is 3.03. The van der Waals surface area contributed by atoms with Crippen molar-refractivity contribution in [3.05, 3.63) is 0 Å². The van der Waals surface area contributed by atoms with Gasteiger partial charge in [-0.05, 0) is 26.7 Å². The second-order valence-electron chi connectivity index (χ2n) is 6.33. The van der Waals surface area contributed by atoms with Crippen LogP contribution in [0, 0.1) is 38.9 Å². The Kier molecular flexibility index (Phi) is 4.45. The molecule has 6 heteroatoms. The average molecular weight is 319 g/mol. The summed E-state index contributed by atoms with van der Waals surface area (Å²) in [7, 11) is 0. The van der Waals surface area contributed by atoms with Crippen LogP contribution >= 0.6 is 0 Å². The van der Waals surface area contributed by atoms with Crippen LogP contribution in [-0.2, 0) is 9.47 Å². The summed E-state index contributed by atoms with van der Waals surface area (Å²) in [6, 6.07) is 4.80. The first-order chi connectivity index (χ1) is 11.0. The van der Waals surface area contributed by atoms with Crippen molar-refractivity contribution in [2.75, 3.05) is 13.2 Å². The predicted octanol–water partition coefficient (Wildman–Crippen LogP) is 0.785. The Morgan fingerprint density at radius 2 is 1.52 bits per heavy atom. The van der Waals surface area contributed by atoms with Crippen LogP contribution < -0.4 is 10.7 Å².